The molecular weight excluding hydrogens is 305 g/mol. The highest BCUT2D eigenvalue weighted by atomic mass is 35.5. The highest BCUT2D eigenvalue weighted by molar-refractivity contribution is 6.43. The van der Waals surface area contributed by atoms with Crippen LogP contribution in [0.5, 0.6) is 5.75 Å². The van der Waals surface area contributed by atoms with Crippen LogP contribution < -0.4 is 10.1 Å². The molecule has 108 valence electrons. The summed E-state index contributed by atoms with van der Waals surface area (Å²) in [4.78, 5) is 0. The van der Waals surface area contributed by atoms with Gasteiger partial charge in [-0.15, -0.1) is 0 Å². The monoisotopic (exact) mass is 323 g/mol. The SMILES string of the molecule is CC(CNC(C)(C)C)COc1cc(Cl)c(Cl)cc1Cl. The Morgan fingerprint density at radius 1 is 1.11 bits per heavy atom. The Hall–Kier alpha value is -0.150. The minimum atomic E-state index is 0.107. The average molecular weight is 325 g/mol. The molecule has 2 nitrogen and oxygen atoms in total. The van der Waals surface area contributed by atoms with E-state index in [2.05, 4.69) is 33.0 Å². The number of benzene rings is 1. The first-order valence-electron chi connectivity index (χ1n) is 6.21. The smallest absolute Gasteiger partial charge is 0.139 e. The van der Waals surface area contributed by atoms with Crippen molar-refractivity contribution in [1.82, 2.24) is 5.32 Å². The Kier molecular flexibility index (Phi) is 6.25. The first kappa shape index (κ1) is 16.9. The van der Waals surface area contributed by atoms with Gasteiger partial charge in [-0.3, -0.25) is 0 Å². The van der Waals surface area contributed by atoms with Crippen molar-refractivity contribution in [3.8, 4) is 5.75 Å². The van der Waals surface area contributed by atoms with Crippen LogP contribution in [0.3, 0.4) is 0 Å². The van der Waals surface area contributed by atoms with Crippen LogP contribution in [-0.2, 0) is 0 Å². The molecule has 0 fully saturated rings. The zero-order valence-corrected chi connectivity index (χ0v) is 14.0. The summed E-state index contributed by atoms with van der Waals surface area (Å²) in [6.45, 7) is 9.97. The van der Waals surface area contributed by atoms with E-state index in [1.807, 2.05) is 0 Å². The van der Waals surface area contributed by atoms with E-state index in [9.17, 15) is 0 Å². The van der Waals surface area contributed by atoms with Crippen molar-refractivity contribution in [2.75, 3.05) is 13.2 Å². The molecule has 0 amide bonds. The summed E-state index contributed by atoms with van der Waals surface area (Å²) in [6.07, 6.45) is 0. The molecule has 0 aromatic heterocycles. The van der Waals surface area contributed by atoms with Crippen molar-refractivity contribution in [1.29, 1.82) is 0 Å². The summed E-state index contributed by atoms with van der Waals surface area (Å²) >= 11 is 17.9. The lowest BCUT2D eigenvalue weighted by atomic mass is 10.1. The molecule has 0 aliphatic heterocycles. The molecule has 0 saturated carbocycles. The second-order valence-electron chi connectivity index (χ2n) is 5.74. The van der Waals surface area contributed by atoms with E-state index >= 15 is 0 Å². The predicted octanol–water partition coefficient (Wildman–Crippen LogP) is 5.05. The Labute approximate surface area is 130 Å². The van der Waals surface area contributed by atoms with Gasteiger partial charge in [-0.05, 0) is 26.8 Å². The van der Waals surface area contributed by atoms with E-state index in [0.29, 0.717) is 33.3 Å². The van der Waals surface area contributed by atoms with E-state index in [-0.39, 0.29) is 5.54 Å². The number of hydrogen-bond donors (Lipinski definition) is 1. The van der Waals surface area contributed by atoms with Gasteiger partial charge in [0.2, 0.25) is 0 Å². The molecule has 1 aromatic carbocycles. The predicted molar refractivity (Wildman–Crippen MR) is 83.9 cm³/mol. The standard InChI is InChI=1S/C14H20Cl3NO/c1-9(7-18-14(2,3)4)8-19-13-6-11(16)10(15)5-12(13)17/h5-6,9,18H,7-8H2,1-4H3. The van der Waals surface area contributed by atoms with Gasteiger partial charge in [-0.1, -0.05) is 41.7 Å². The van der Waals surface area contributed by atoms with Gasteiger partial charge in [-0.25, -0.2) is 0 Å². The summed E-state index contributed by atoms with van der Waals surface area (Å²) in [6, 6.07) is 3.25. The molecule has 0 radical (unpaired) electrons. The van der Waals surface area contributed by atoms with Crippen LogP contribution >= 0.6 is 34.8 Å². The number of nitrogens with one attached hydrogen (secondary N) is 1. The summed E-state index contributed by atoms with van der Waals surface area (Å²) in [5.74, 6) is 0.934. The number of halogens is 3. The molecule has 1 unspecified atom stereocenters. The van der Waals surface area contributed by atoms with Gasteiger partial charge in [-0.2, -0.15) is 0 Å². The molecule has 1 aromatic rings. The summed E-state index contributed by atoms with van der Waals surface area (Å²) in [7, 11) is 0. The third-order valence-electron chi connectivity index (χ3n) is 2.48. The second kappa shape index (κ2) is 7.03. The minimum absolute atomic E-state index is 0.107. The maximum atomic E-state index is 6.05. The molecular formula is C14H20Cl3NO. The van der Waals surface area contributed by atoms with Crippen molar-refractivity contribution < 1.29 is 4.74 Å². The van der Waals surface area contributed by atoms with Gasteiger partial charge >= 0.3 is 0 Å². The van der Waals surface area contributed by atoms with Crippen LogP contribution in [0.2, 0.25) is 15.1 Å². The fourth-order valence-corrected chi connectivity index (χ4v) is 1.98. The molecule has 5 heteroatoms. The van der Waals surface area contributed by atoms with Crippen molar-refractivity contribution >= 4 is 34.8 Å². The Bertz CT molecular complexity index is 429. The molecule has 1 atom stereocenters. The van der Waals surface area contributed by atoms with E-state index < -0.39 is 0 Å². The maximum Gasteiger partial charge on any atom is 0.139 e. The highest BCUT2D eigenvalue weighted by Gasteiger charge is 2.13. The van der Waals surface area contributed by atoms with Crippen molar-refractivity contribution in [3.63, 3.8) is 0 Å². The van der Waals surface area contributed by atoms with Crippen LogP contribution in [0.4, 0.5) is 0 Å². The van der Waals surface area contributed by atoms with Crippen LogP contribution in [0.15, 0.2) is 12.1 Å². The average Bonchev–Trinajstić information content (AvgIpc) is 2.28. The lowest BCUT2D eigenvalue weighted by molar-refractivity contribution is 0.244. The lowest BCUT2D eigenvalue weighted by Crippen LogP contribution is -2.39. The molecule has 0 bridgehead atoms. The van der Waals surface area contributed by atoms with Crippen LogP contribution in [0.1, 0.15) is 27.7 Å². The lowest BCUT2D eigenvalue weighted by Gasteiger charge is -2.23. The van der Waals surface area contributed by atoms with Gasteiger partial charge in [0, 0.05) is 24.1 Å². The molecule has 0 spiro atoms. The van der Waals surface area contributed by atoms with E-state index in [4.69, 9.17) is 39.5 Å². The number of hydrogen-bond acceptors (Lipinski definition) is 2. The zero-order chi connectivity index (χ0) is 14.6. The third kappa shape index (κ3) is 6.22. The number of rotatable bonds is 5. The summed E-state index contributed by atoms with van der Waals surface area (Å²) in [5.41, 5.74) is 0.107. The van der Waals surface area contributed by atoms with Gasteiger partial charge in [0.05, 0.1) is 21.7 Å². The van der Waals surface area contributed by atoms with E-state index in [0.717, 1.165) is 6.54 Å². The Morgan fingerprint density at radius 3 is 2.26 bits per heavy atom. The molecule has 19 heavy (non-hydrogen) atoms. The fraction of sp³-hybridized carbons (Fsp3) is 0.571. The Balaban J connectivity index is 2.51. The van der Waals surface area contributed by atoms with Gasteiger partial charge < -0.3 is 10.1 Å². The topological polar surface area (TPSA) is 21.3 Å². The Morgan fingerprint density at radius 2 is 1.68 bits per heavy atom. The maximum absolute atomic E-state index is 6.05. The van der Waals surface area contributed by atoms with Gasteiger partial charge in [0.1, 0.15) is 5.75 Å². The van der Waals surface area contributed by atoms with Crippen molar-refractivity contribution in [3.05, 3.63) is 27.2 Å². The molecule has 0 aliphatic carbocycles. The second-order valence-corrected chi connectivity index (χ2v) is 6.97. The van der Waals surface area contributed by atoms with Gasteiger partial charge in [0.15, 0.2) is 0 Å². The van der Waals surface area contributed by atoms with Crippen LogP contribution in [0.25, 0.3) is 0 Å². The summed E-state index contributed by atoms with van der Waals surface area (Å²) < 4.78 is 5.68. The molecule has 0 saturated heterocycles. The molecule has 1 N–H and O–H groups in total. The quantitative estimate of drug-likeness (QED) is 0.765. The largest absolute Gasteiger partial charge is 0.492 e. The van der Waals surface area contributed by atoms with Crippen LogP contribution in [-0.4, -0.2) is 18.7 Å². The highest BCUT2D eigenvalue weighted by Crippen LogP contribution is 2.33. The number of ether oxygens (including phenoxy) is 1. The van der Waals surface area contributed by atoms with Crippen molar-refractivity contribution in [2.45, 2.75) is 33.2 Å². The van der Waals surface area contributed by atoms with E-state index in [1.165, 1.54) is 0 Å². The normalized spacial score (nSPS) is 13.4. The third-order valence-corrected chi connectivity index (χ3v) is 3.50. The molecule has 0 aliphatic rings. The van der Waals surface area contributed by atoms with Gasteiger partial charge in [0.25, 0.3) is 0 Å². The molecule has 0 heterocycles. The summed E-state index contributed by atoms with van der Waals surface area (Å²) in [5, 5.41) is 4.79. The fourth-order valence-electron chi connectivity index (χ4n) is 1.39. The van der Waals surface area contributed by atoms with E-state index in [1.54, 1.807) is 12.1 Å². The first-order valence-corrected chi connectivity index (χ1v) is 7.35. The van der Waals surface area contributed by atoms with Crippen molar-refractivity contribution in [2.24, 2.45) is 5.92 Å². The molecule has 1 rings (SSSR count). The van der Waals surface area contributed by atoms with Crippen LogP contribution in [0, 0.1) is 5.92 Å². The zero-order valence-electron chi connectivity index (χ0n) is 11.7. The minimum Gasteiger partial charge on any atom is -0.492 e. The first-order chi connectivity index (χ1) is 8.69.